The summed E-state index contributed by atoms with van der Waals surface area (Å²) in [7, 11) is 0. The lowest BCUT2D eigenvalue weighted by molar-refractivity contribution is 0.636. The van der Waals surface area contributed by atoms with Crippen LogP contribution in [0.25, 0.3) is 22.2 Å². The maximum atomic E-state index is 5.95. The van der Waals surface area contributed by atoms with Crippen LogP contribution in [0.4, 0.5) is 0 Å². The van der Waals surface area contributed by atoms with Crippen LogP contribution in [0.3, 0.4) is 0 Å². The maximum Gasteiger partial charge on any atom is 0.222 e. The molecule has 3 heterocycles. The van der Waals surface area contributed by atoms with Gasteiger partial charge in [-0.2, -0.15) is 0 Å². The van der Waals surface area contributed by atoms with E-state index in [0.717, 1.165) is 28.7 Å². The summed E-state index contributed by atoms with van der Waals surface area (Å²) in [5.74, 6) is 17.0. The molecule has 3 nitrogen and oxygen atoms in total. The van der Waals surface area contributed by atoms with Crippen LogP contribution in [0.2, 0.25) is 5.28 Å². The fourth-order valence-corrected chi connectivity index (χ4v) is 3.71. The molecule has 0 radical (unpaired) electrons. The molecule has 29 heavy (non-hydrogen) atoms. The van der Waals surface area contributed by atoms with Crippen molar-refractivity contribution in [1.82, 2.24) is 14.5 Å². The van der Waals surface area contributed by atoms with Crippen LogP contribution in [-0.2, 0) is 13.0 Å². The van der Waals surface area contributed by atoms with E-state index in [4.69, 9.17) is 18.0 Å². The standard InChI is InChI=1S/C15H11BrClN3.C9H4/c16-12-7-18-15(17)19-13(12)11-8-20-6-2-4-9-3-1-5-10(11)14(9)20;1-3-5-7-9-8-6-4-2/h1,3,5,7-8H,2,4,6H2;1H,2H3. The summed E-state index contributed by atoms with van der Waals surface area (Å²) in [5, 5.41) is 1.51. The van der Waals surface area contributed by atoms with E-state index in [2.05, 4.69) is 96.3 Å². The van der Waals surface area contributed by atoms with E-state index in [9.17, 15) is 0 Å². The lowest BCUT2D eigenvalue weighted by atomic mass is 10.0. The number of para-hydroxylation sites is 1. The fourth-order valence-electron chi connectivity index (χ4n) is 3.17. The highest BCUT2D eigenvalue weighted by atomic mass is 79.9. The molecule has 0 N–H and O–H groups in total. The molecule has 1 aromatic carbocycles. The Kier molecular flexibility index (Phi) is 7.00. The largest absolute Gasteiger partial charge is 0.347 e. The van der Waals surface area contributed by atoms with Gasteiger partial charge in [-0.1, -0.05) is 24.1 Å². The minimum Gasteiger partial charge on any atom is -0.347 e. The van der Waals surface area contributed by atoms with E-state index in [1.165, 1.54) is 22.9 Å². The lowest BCUT2D eigenvalue weighted by Crippen LogP contribution is -2.05. The van der Waals surface area contributed by atoms with Gasteiger partial charge < -0.3 is 4.57 Å². The van der Waals surface area contributed by atoms with E-state index in [1.54, 1.807) is 13.1 Å². The Morgan fingerprint density at radius 2 is 1.97 bits per heavy atom. The smallest absolute Gasteiger partial charge is 0.222 e. The van der Waals surface area contributed by atoms with E-state index >= 15 is 0 Å². The van der Waals surface area contributed by atoms with Crippen molar-refractivity contribution in [3.05, 3.63) is 45.9 Å². The topological polar surface area (TPSA) is 30.7 Å². The van der Waals surface area contributed by atoms with Gasteiger partial charge in [0, 0.05) is 29.9 Å². The minimum atomic E-state index is 0.273. The molecule has 5 heteroatoms. The van der Waals surface area contributed by atoms with Gasteiger partial charge in [-0.25, -0.2) is 9.97 Å². The first-order chi connectivity index (χ1) is 14.2. The maximum absolute atomic E-state index is 5.95. The molecule has 140 valence electrons. The van der Waals surface area contributed by atoms with Gasteiger partial charge in [0.05, 0.1) is 15.7 Å². The van der Waals surface area contributed by atoms with Gasteiger partial charge in [0.25, 0.3) is 0 Å². The second-order valence-corrected chi connectivity index (χ2v) is 7.20. The molecule has 4 rings (SSSR count). The summed E-state index contributed by atoms with van der Waals surface area (Å²) >= 11 is 9.48. The molecule has 0 spiro atoms. The van der Waals surface area contributed by atoms with Gasteiger partial charge in [-0.3, -0.25) is 0 Å². The van der Waals surface area contributed by atoms with Crippen molar-refractivity contribution in [2.24, 2.45) is 0 Å². The van der Waals surface area contributed by atoms with Crippen molar-refractivity contribution in [1.29, 1.82) is 0 Å². The summed E-state index contributed by atoms with van der Waals surface area (Å²) in [6, 6.07) is 6.48. The molecule has 0 aliphatic carbocycles. The molecular formula is C24H15BrClN3. The highest BCUT2D eigenvalue weighted by Crippen LogP contribution is 2.37. The Balaban J connectivity index is 0.000000229. The van der Waals surface area contributed by atoms with Crippen molar-refractivity contribution in [2.75, 3.05) is 0 Å². The van der Waals surface area contributed by atoms with Crippen molar-refractivity contribution in [3.63, 3.8) is 0 Å². The van der Waals surface area contributed by atoms with Crippen LogP contribution in [0.1, 0.15) is 18.9 Å². The number of aryl methyl sites for hydroxylation is 2. The van der Waals surface area contributed by atoms with Gasteiger partial charge in [-0.15, -0.1) is 6.42 Å². The summed E-state index contributed by atoms with van der Waals surface area (Å²) < 4.78 is 3.19. The minimum absolute atomic E-state index is 0.273. The Morgan fingerprint density at radius 1 is 1.17 bits per heavy atom. The first-order valence-electron chi connectivity index (χ1n) is 8.82. The molecule has 1 aliphatic rings. The summed E-state index contributed by atoms with van der Waals surface area (Å²) in [6.45, 7) is 2.77. The number of nitrogens with zero attached hydrogens (tertiary/aromatic N) is 3. The monoisotopic (exact) mass is 459 g/mol. The molecule has 1 aliphatic heterocycles. The highest BCUT2D eigenvalue weighted by molar-refractivity contribution is 9.10. The number of rotatable bonds is 1. The molecule has 0 bridgehead atoms. The lowest BCUT2D eigenvalue weighted by Gasteiger charge is -2.14. The third-order valence-corrected chi connectivity index (χ3v) is 5.01. The highest BCUT2D eigenvalue weighted by Gasteiger charge is 2.19. The Labute approximate surface area is 184 Å². The molecule has 2 aromatic heterocycles. The number of hydrogen-bond acceptors (Lipinski definition) is 2. The van der Waals surface area contributed by atoms with Crippen LogP contribution in [0.15, 0.2) is 35.1 Å². The third kappa shape index (κ3) is 4.83. The van der Waals surface area contributed by atoms with Crippen LogP contribution in [0, 0.1) is 47.9 Å². The number of hydrogen-bond donors (Lipinski definition) is 0. The van der Waals surface area contributed by atoms with Gasteiger partial charge >= 0.3 is 0 Å². The average molecular weight is 461 g/mol. The second kappa shape index (κ2) is 9.87. The molecule has 0 saturated heterocycles. The quantitative estimate of drug-likeness (QED) is 0.373. The van der Waals surface area contributed by atoms with Crippen molar-refractivity contribution in [3.8, 4) is 59.1 Å². The zero-order chi connectivity index (χ0) is 20.6. The van der Waals surface area contributed by atoms with E-state index in [0.29, 0.717) is 0 Å². The Morgan fingerprint density at radius 3 is 2.76 bits per heavy atom. The third-order valence-electron chi connectivity index (χ3n) is 4.24. The molecule has 0 amide bonds. The van der Waals surface area contributed by atoms with Crippen LogP contribution < -0.4 is 0 Å². The number of halogens is 2. The molecule has 0 atom stereocenters. The Hall–Kier alpha value is -3.15. The van der Waals surface area contributed by atoms with Crippen LogP contribution >= 0.6 is 27.5 Å². The molecular weight excluding hydrogens is 446 g/mol. The van der Waals surface area contributed by atoms with Gasteiger partial charge in [-0.05, 0) is 88.4 Å². The molecule has 3 aromatic rings. The zero-order valence-electron chi connectivity index (χ0n) is 15.7. The predicted molar refractivity (Wildman–Crippen MR) is 122 cm³/mol. The van der Waals surface area contributed by atoms with Crippen LogP contribution in [0.5, 0.6) is 0 Å². The summed E-state index contributed by atoms with van der Waals surface area (Å²) in [5.41, 5.74) is 4.71. The van der Waals surface area contributed by atoms with Gasteiger partial charge in [0.2, 0.25) is 5.28 Å². The van der Waals surface area contributed by atoms with Crippen molar-refractivity contribution < 1.29 is 0 Å². The first kappa shape index (κ1) is 20.6. The van der Waals surface area contributed by atoms with Crippen molar-refractivity contribution >= 4 is 38.4 Å². The van der Waals surface area contributed by atoms with Gasteiger partial charge in [0.15, 0.2) is 0 Å². The first-order valence-corrected chi connectivity index (χ1v) is 9.99. The van der Waals surface area contributed by atoms with Gasteiger partial charge in [0.1, 0.15) is 0 Å². The number of terminal acetylenes is 1. The SMILES string of the molecule is C#CC#CC#CC#CC.Clc1ncc(Br)c(-c2cn3c4c(cccc24)CCC3)n1. The second-order valence-electron chi connectivity index (χ2n) is 6.01. The summed E-state index contributed by atoms with van der Waals surface area (Å²) in [6.07, 6.45) is 11.0. The zero-order valence-corrected chi connectivity index (χ0v) is 18.0. The fraction of sp³-hybridized carbons (Fsp3) is 0.167. The Bertz CT molecular complexity index is 1300. The summed E-state index contributed by atoms with van der Waals surface area (Å²) in [4.78, 5) is 8.39. The average Bonchev–Trinajstić information content (AvgIpc) is 3.11. The number of benzene rings is 1. The molecule has 0 unspecified atom stereocenters. The van der Waals surface area contributed by atoms with E-state index in [1.807, 2.05) is 0 Å². The van der Waals surface area contributed by atoms with E-state index < -0.39 is 0 Å². The van der Waals surface area contributed by atoms with E-state index in [-0.39, 0.29) is 5.28 Å². The predicted octanol–water partition coefficient (Wildman–Crippen LogP) is 5.11. The molecule has 0 fully saturated rings. The van der Waals surface area contributed by atoms with Crippen LogP contribution in [-0.4, -0.2) is 14.5 Å². The van der Waals surface area contributed by atoms with Crippen molar-refractivity contribution in [2.45, 2.75) is 26.3 Å². The number of aromatic nitrogens is 3. The normalized spacial score (nSPS) is 10.7. The molecule has 0 saturated carbocycles.